The Bertz CT molecular complexity index is 760. The van der Waals surface area contributed by atoms with Gasteiger partial charge in [0.05, 0.1) is 25.2 Å². The van der Waals surface area contributed by atoms with Gasteiger partial charge in [0, 0.05) is 29.4 Å². The van der Waals surface area contributed by atoms with Crippen LogP contribution < -0.4 is 10.3 Å². The van der Waals surface area contributed by atoms with Crippen LogP contribution in [0.1, 0.15) is 11.3 Å². The number of anilines is 1. The third kappa shape index (κ3) is 5.62. The molecule has 8 heteroatoms. The Hall–Kier alpha value is -1.77. The summed E-state index contributed by atoms with van der Waals surface area (Å²) < 4.78 is 12.1. The number of amides is 1. The van der Waals surface area contributed by atoms with Gasteiger partial charge in [-0.2, -0.15) is 5.10 Å². The van der Waals surface area contributed by atoms with Crippen LogP contribution in [-0.4, -0.2) is 44.2 Å². The van der Waals surface area contributed by atoms with E-state index in [1.165, 1.54) is 23.5 Å². The van der Waals surface area contributed by atoms with Crippen molar-refractivity contribution in [2.45, 2.75) is 5.75 Å². The monoisotopic (exact) mass is 437 g/mol. The van der Waals surface area contributed by atoms with E-state index in [1.54, 1.807) is 0 Å². The normalized spacial score (nSPS) is 14.7. The van der Waals surface area contributed by atoms with E-state index in [2.05, 4.69) is 31.4 Å². The van der Waals surface area contributed by atoms with Gasteiger partial charge in [0.1, 0.15) is 5.76 Å². The third-order valence-corrected chi connectivity index (χ3v) is 5.52. The molecular weight excluding hydrogens is 418 g/mol. The molecule has 6 nitrogen and oxygen atoms in total. The molecule has 0 saturated carbocycles. The lowest BCUT2D eigenvalue weighted by molar-refractivity contribution is -0.118. The molecule has 26 heavy (non-hydrogen) atoms. The van der Waals surface area contributed by atoms with Crippen molar-refractivity contribution in [2.24, 2.45) is 5.10 Å². The van der Waals surface area contributed by atoms with Crippen molar-refractivity contribution in [1.29, 1.82) is 0 Å². The molecule has 3 rings (SSSR count). The smallest absolute Gasteiger partial charge is 0.250 e. The first-order valence-corrected chi connectivity index (χ1v) is 10.2. The number of halogens is 1. The van der Waals surface area contributed by atoms with Gasteiger partial charge in [-0.1, -0.05) is 34.1 Å². The van der Waals surface area contributed by atoms with E-state index < -0.39 is 0 Å². The molecule has 138 valence electrons. The molecule has 0 aliphatic carbocycles. The highest BCUT2D eigenvalue weighted by Gasteiger charge is 2.14. The fourth-order valence-corrected chi connectivity index (χ4v) is 3.87. The Morgan fingerprint density at radius 2 is 2.08 bits per heavy atom. The molecule has 2 aromatic rings. The van der Waals surface area contributed by atoms with Crippen molar-refractivity contribution >= 4 is 45.7 Å². The second-order valence-corrected chi connectivity index (χ2v) is 7.49. The Balaban J connectivity index is 1.40. The summed E-state index contributed by atoms with van der Waals surface area (Å²) in [6.45, 7) is 3.04. The van der Waals surface area contributed by atoms with E-state index in [1.807, 2.05) is 36.4 Å². The van der Waals surface area contributed by atoms with Gasteiger partial charge in [-0.3, -0.25) is 4.79 Å². The number of benzene rings is 1. The average Bonchev–Trinajstić information content (AvgIpc) is 3.13. The van der Waals surface area contributed by atoms with E-state index in [0.29, 0.717) is 24.7 Å². The minimum Gasteiger partial charge on any atom is -0.440 e. The van der Waals surface area contributed by atoms with Crippen LogP contribution in [0.4, 0.5) is 5.88 Å². The predicted molar refractivity (Wildman–Crippen MR) is 108 cm³/mol. The summed E-state index contributed by atoms with van der Waals surface area (Å²) in [6, 6.07) is 11.7. The SMILES string of the molecule is O=C(CSCc1ccccc1Br)N/N=C\c1ccc(N2CCOCC2)o1. The quantitative estimate of drug-likeness (QED) is 0.531. The highest BCUT2D eigenvalue weighted by atomic mass is 79.9. The van der Waals surface area contributed by atoms with E-state index in [9.17, 15) is 4.79 Å². The van der Waals surface area contributed by atoms with Crippen LogP contribution in [-0.2, 0) is 15.3 Å². The molecule has 1 amide bonds. The van der Waals surface area contributed by atoms with Crippen molar-refractivity contribution in [3.05, 3.63) is 52.2 Å². The minimum absolute atomic E-state index is 0.140. The van der Waals surface area contributed by atoms with E-state index >= 15 is 0 Å². The summed E-state index contributed by atoms with van der Waals surface area (Å²) in [7, 11) is 0. The molecule has 1 aliphatic heterocycles. The number of morpholine rings is 1. The molecule has 1 fully saturated rings. The number of nitrogens with zero attached hydrogens (tertiary/aromatic N) is 2. The number of ether oxygens (including phenoxy) is 1. The summed E-state index contributed by atoms with van der Waals surface area (Å²) in [6.07, 6.45) is 1.51. The van der Waals surface area contributed by atoms with E-state index in [0.717, 1.165) is 29.2 Å². The van der Waals surface area contributed by atoms with Crippen LogP contribution >= 0.6 is 27.7 Å². The first-order valence-electron chi connectivity index (χ1n) is 8.28. The number of furan rings is 1. The van der Waals surface area contributed by atoms with Crippen LogP contribution in [0.15, 0.2) is 50.4 Å². The molecule has 1 aromatic heterocycles. The number of nitrogens with one attached hydrogen (secondary N) is 1. The van der Waals surface area contributed by atoms with Gasteiger partial charge < -0.3 is 14.1 Å². The van der Waals surface area contributed by atoms with Crippen LogP contribution in [0.25, 0.3) is 0 Å². The molecule has 1 aliphatic rings. The third-order valence-electron chi connectivity index (χ3n) is 3.76. The first-order chi connectivity index (χ1) is 12.7. The van der Waals surface area contributed by atoms with E-state index in [4.69, 9.17) is 9.15 Å². The van der Waals surface area contributed by atoms with E-state index in [-0.39, 0.29) is 5.91 Å². The largest absolute Gasteiger partial charge is 0.440 e. The fraction of sp³-hybridized carbons (Fsp3) is 0.333. The molecule has 2 heterocycles. The fourth-order valence-electron chi connectivity index (χ4n) is 2.43. The zero-order valence-corrected chi connectivity index (χ0v) is 16.6. The maximum atomic E-state index is 11.9. The van der Waals surface area contributed by atoms with Crippen LogP contribution in [0.5, 0.6) is 0 Å². The van der Waals surface area contributed by atoms with Crippen molar-refractivity contribution in [1.82, 2.24) is 5.43 Å². The summed E-state index contributed by atoms with van der Waals surface area (Å²) in [5.41, 5.74) is 3.69. The number of carbonyl (C=O) groups excluding carboxylic acids is 1. The second kappa shape index (κ2) is 9.80. The van der Waals surface area contributed by atoms with Crippen LogP contribution in [0, 0.1) is 0 Å². The summed E-state index contributed by atoms with van der Waals surface area (Å²) in [5, 5.41) is 3.96. The molecule has 0 unspecified atom stereocenters. The number of thioether (sulfide) groups is 1. The summed E-state index contributed by atoms with van der Waals surface area (Å²) >= 11 is 5.04. The lowest BCUT2D eigenvalue weighted by Crippen LogP contribution is -2.35. The first kappa shape index (κ1) is 19.0. The van der Waals surface area contributed by atoms with Gasteiger partial charge in [-0.25, -0.2) is 5.43 Å². The van der Waals surface area contributed by atoms with Crippen LogP contribution in [0.2, 0.25) is 0 Å². The standard InChI is InChI=1S/C18H20BrN3O3S/c19-16-4-2-1-3-14(16)12-26-13-17(23)21-20-11-15-5-6-18(25-15)22-7-9-24-10-8-22/h1-6,11H,7-10,12-13H2,(H,21,23)/b20-11-. The van der Waals surface area contributed by atoms with Gasteiger partial charge in [-0.05, 0) is 17.7 Å². The van der Waals surface area contributed by atoms with Gasteiger partial charge in [0.25, 0.3) is 0 Å². The van der Waals surface area contributed by atoms with Gasteiger partial charge in [0.2, 0.25) is 5.91 Å². The zero-order valence-electron chi connectivity index (χ0n) is 14.2. The van der Waals surface area contributed by atoms with Crippen molar-refractivity contribution in [3.63, 3.8) is 0 Å². The topological polar surface area (TPSA) is 67.1 Å². The average molecular weight is 438 g/mol. The molecule has 0 radical (unpaired) electrons. The van der Waals surface area contributed by atoms with Crippen molar-refractivity contribution in [3.8, 4) is 0 Å². The lowest BCUT2D eigenvalue weighted by atomic mass is 10.2. The van der Waals surface area contributed by atoms with Gasteiger partial charge in [-0.15, -0.1) is 11.8 Å². The van der Waals surface area contributed by atoms with Crippen molar-refractivity contribution < 1.29 is 13.9 Å². The molecule has 1 aromatic carbocycles. The summed E-state index contributed by atoms with van der Waals surface area (Å²) in [5.74, 6) is 2.37. The number of rotatable bonds is 7. The molecule has 0 bridgehead atoms. The van der Waals surface area contributed by atoms with Crippen molar-refractivity contribution in [2.75, 3.05) is 37.0 Å². The number of hydrogen-bond acceptors (Lipinski definition) is 6. The Labute approximate surface area is 165 Å². The number of hydrazone groups is 1. The maximum Gasteiger partial charge on any atom is 0.250 e. The van der Waals surface area contributed by atoms with Gasteiger partial charge in [0.15, 0.2) is 5.88 Å². The van der Waals surface area contributed by atoms with Crippen LogP contribution in [0.3, 0.4) is 0 Å². The molecule has 0 atom stereocenters. The highest BCUT2D eigenvalue weighted by molar-refractivity contribution is 9.10. The predicted octanol–water partition coefficient (Wildman–Crippen LogP) is 3.26. The Kier molecular flexibility index (Phi) is 7.16. The zero-order chi connectivity index (χ0) is 18.2. The summed E-state index contributed by atoms with van der Waals surface area (Å²) in [4.78, 5) is 14.0. The van der Waals surface area contributed by atoms with Gasteiger partial charge >= 0.3 is 0 Å². The maximum absolute atomic E-state index is 11.9. The Morgan fingerprint density at radius 1 is 1.27 bits per heavy atom. The second-order valence-electron chi connectivity index (χ2n) is 5.65. The number of carbonyl (C=O) groups is 1. The minimum atomic E-state index is -0.140. The molecular formula is C18H20BrN3O3S. The molecule has 0 spiro atoms. The molecule has 1 N–H and O–H groups in total. The Morgan fingerprint density at radius 3 is 2.88 bits per heavy atom. The highest BCUT2D eigenvalue weighted by Crippen LogP contribution is 2.21. The number of hydrogen-bond donors (Lipinski definition) is 1. The lowest BCUT2D eigenvalue weighted by Gasteiger charge is -2.26. The molecule has 1 saturated heterocycles.